The van der Waals surface area contributed by atoms with Crippen LogP contribution in [0.1, 0.15) is 17.3 Å². The van der Waals surface area contributed by atoms with Gasteiger partial charge in [-0.15, -0.1) is 0 Å². The van der Waals surface area contributed by atoms with E-state index in [9.17, 15) is 4.79 Å². The minimum atomic E-state index is -0.219. The summed E-state index contributed by atoms with van der Waals surface area (Å²) in [5.74, 6) is 0.189. The smallest absolute Gasteiger partial charge is 0.244 e. The number of likely N-dealkylation sites (N-methyl/N-ethyl adjacent to an activating group) is 1. The molecule has 0 saturated carbocycles. The van der Waals surface area contributed by atoms with Crippen LogP contribution in [-0.2, 0) is 11.3 Å². The van der Waals surface area contributed by atoms with Gasteiger partial charge in [0.1, 0.15) is 6.04 Å². The summed E-state index contributed by atoms with van der Waals surface area (Å²) < 4.78 is 0. The van der Waals surface area contributed by atoms with Gasteiger partial charge in [-0.05, 0) is 31.8 Å². The fourth-order valence-electron chi connectivity index (χ4n) is 3.32. The first-order chi connectivity index (χ1) is 12.1. The summed E-state index contributed by atoms with van der Waals surface area (Å²) in [5.41, 5.74) is 2.13. The Morgan fingerprint density at radius 1 is 1.04 bits per heavy atom. The highest BCUT2D eigenvalue weighted by Gasteiger charge is 2.29. The number of pyridine rings is 1. The number of carbonyl (C=O) groups excluding carboxylic acids is 1. The number of aromatic nitrogens is 1. The highest BCUT2D eigenvalue weighted by atomic mass is 16.2. The molecule has 0 radical (unpaired) electrons. The first-order valence-corrected chi connectivity index (χ1v) is 8.77. The van der Waals surface area contributed by atoms with Gasteiger partial charge in [0, 0.05) is 38.9 Å². The van der Waals surface area contributed by atoms with Crippen molar-refractivity contribution in [3.8, 4) is 0 Å². The van der Waals surface area contributed by atoms with Crippen LogP contribution < -0.4 is 0 Å². The maximum absolute atomic E-state index is 13.1. The number of rotatable bonds is 5. The maximum Gasteiger partial charge on any atom is 0.244 e. The Morgan fingerprint density at radius 3 is 2.32 bits per heavy atom. The lowest BCUT2D eigenvalue weighted by atomic mass is 10.0. The van der Waals surface area contributed by atoms with Gasteiger partial charge in [-0.3, -0.25) is 19.6 Å². The van der Waals surface area contributed by atoms with Gasteiger partial charge >= 0.3 is 0 Å². The zero-order chi connectivity index (χ0) is 17.6. The fraction of sp³-hybridized carbons (Fsp3) is 0.400. The molecule has 5 heteroatoms. The zero-order valence-corrected chi connectivity index (χ0v) is 15.0. The highest BCUT2D eigenvalue weighted by molar-refractivity contribution is 5.83. The number of amides is 1. The monoisotopic (exact) mass is 338 g/mol. The van der Waals surface area contributed by atoms with Gasteiger partial charge in [-0.2, -0.15) is 0 Å². The molecule has 1 aromatic carbocycles. The van der Waals surface area contributed by atoms with Crippen molar-refractivity contribution in [2.45, 2.75) is 12.6 Å². The van der Waals surface area contributed by atoms with Crippen LogP contribution in [0.4, 0.5) is 0 Å². The van der Waals surface area contributed by atoms with Crippen molar-refractivity contribution < 1.29 is 4.79 Å². The lowest BCUT2D eigenvalue weighted by molar-refractivity contribution is -0.138. The molecular weight excluding hydrogens is 312 g/mol. The number of carbonyl (C=O) groups is 1. The first kappa shape index (κ1) is 17.6. The quantitative estimate of drug-likeness (QED) is 0.836. The van der Waals surface area contributed by atoms with E-state index in [-0.39, 0.29) is 11.9 Å². The number of benzene rings is 1. The van der Waals surface area contributed by atoms with E-state index < -0.39 is 0 Å². The Hall–Kier alpha value is -2.24. The fourth-order valence-corrected chi connectivity index (χ4v) is 3.32. The first-order valence-electron chi connectivity index (χ1n) is 8.77. The van der Waals surface area contributed by atoms with Gasteiger partial charge in [-0.1, -0.05) is 36.4 Å². The Morgan fingerprint density at radius 2 is 1.72 bits per heavy atom. The number of hydrogen-bond acceptors (Lipinski definition) is 4. The van der Waals surface area contributed by atoms with Crippen LogP contribution in [0, 0.1) is 0 Å². The molecule has 0 bridgehead atoms. The van der Waals surface area contributed by atoms with Crippen molar-refractivity contribution in [1.29, 1.82) is 0 Å². The number of nitrogens with zero attached hydrogens (tertiary/aromatic N) is 4. The second kappa shape index (κ2) is 8.23. The summed E-state index contributed by atoms with van der Waals surface area (Å²) >= 11 is 0. The molecule has 2 heterocycles. The van der Waals surface area contributed by atoms with Crippen molar-refractivity contribution in [1.82, 2.24) is 19.7 Å². The zero-order valence-electron chi connectivity index (χ0n) is 15.0. The third-order valence-corrected chi connectivity index (χ3v) is 4.66. The molecule has 1 atom stereocenters. The van der Waals surface area contributed by atoms with Crippen molar-refractivity contribution in [3.05, 3.63) is 66.0 Å². The van der Waals surface area contributed by atoms with Crippen molar-refractivity contribution in [2.24, 2.45) is 0 Å². The van der Waals surface area contributed by atoms with E-state index in [0.717, 1.165) is 44.0 Å². The van der Waals surface area contributed by atoms with E-state index in [1.165, 1.54) is 0 Å². The van der Waals surface area contributed by atoms with Crippen LogP contribution >= 0.6 is 0 Å². The minimum Gasteiger partial charge on any atom is -0.338 e. The van der Waals surface area contributed by atoms with Crippen molar-refractivity contribution in [3.63, 3.8) is 0 Å². The second-order valence-electron chi connectivity index (χ2n) is 6.70. The van der Waals surface area contributed by atoms with E-state index in [4.69, 9.17) is 0 Å². The van der Waals surface area contributed by atoms with E-state index in [1.54, 1.807) is 0 Å². The van der Waals surface area contributed by atoms with Crippen LogP contribution in [0.3, 0.4) is 0 Å². The molecule has 2 aromatic rings. The van der Waals surface area contributed by atoms with E-state index in [0.29, 0.717) is 0 Å². The summed E-state index contributed by atoms with van der Waals surface area (Å²) in [6.45, 7) is 4.15. The third kappa shape index (κ3) is 4.44. The Balaban J connectivity index is 1.60. The molecule has 1 aromatic heterocycles. The second-order valence-corrected chi connectivity index (χ2v) is 6.70. The summed E-state index contributed by atoms with van der Waals surface area (Å²) in [7, 11) is 3.93. The van der Waals surface area contributed by atoms with Crippen molar-refractivity contribution >= 4 is 5.91 Å². The molecule has 0 spiro atoms. The third-order valence-electron chi connectivity index (χ3n) is 4.66. The molecule has 1 unspecified atom stereocenters. The van der Waals surface area contributed by atoms with Gasteiger partial charge in [0.2, 0.25) is 5.91 Å². The van der Waals surface area contributed by atoms with E-state index in [1.807, 2.05) is 72.6 Å². The van der Waals surface area contributed by atoms with Crippen LogP contribution in [0.5, 0.6) is 0 Å². The molecular formula is C20H26N4O. The van der Waals surface area contributed by atoms with Crippen molar-refractivity contribution in [2.75, 3.05) is 40.3 Å². The molecule has 3 rings (SSSR count). The van der Waals surface area contributed by atoms with E-state index in [2.05, 4.69) is 16.0 Å². The predicted molar refractivity (Wildman–Crippen MR) is 99.0 cm³/mol. The molecule has 1 saturated heterocycles. The summed E-state index contributed by atoms with van der Waals surface area (Å²) in [5, 5.41) is 0. The summed E-state index contributed by atoms with van der Waals surface area (Å²) in [6.07, 6.45) is 1.83. The molecule has 1 fully saturated rings. The minimum absolute atomic E-state index is 0.189. The predicted octanol–water partition coefficient (Wildman–Crippen LogP) is 2.03. The highest BCUT2D eigenvalue weighted by Crippen LogP contribution is 2.21. The topological polar surface area (TPSA) is 39.7 Å². The summed E-state index contributed by atoms with van der Waals surface area (Å²) in [4.78, 5) is 23.8. The maximum atomic E-state index is 13.1. The molecule has 0 N–H and O–H groups in total. The molecule has 1 amide bonds. The molecule has 1 aliphatic rings. The van der Waals surface area contributed by atoms with Gasteiger partial charge in [0.15, 0.2) is 0 Å². The van der Waals surface area contributed by atoms with Gasteiger partial charge < -0.3 is 4.90 Å². The lowest BCUT2D eigenvalue weighted by Gasteiger charge is -2.37. The molecule has 5 nitrogen and oxygen atoms in total. The Bertz CT molecular complexity index is 667. The largest absolute Gasteiger partial charge is 0.338 e. The van der Waals surface area contributed by atoms with E-state index >= 15 is 0 Å². The van der Waals surface area contributed by atoms with Gasteiger partial charge in [0.05, 0.1) is 5.69 Å². The van der Waals surface area contributed by atoms with Crippen LogP contribution in [0.2, 0.25) is 0 Å². The average Bonchev–Trinajstić information content (AvgIpc) is 2.64. The Kier molecular flexibility index (Phi) is 5.79. The lowest BCUT2D eigenvalue weighted by Crippen LogP contribution is -2.51. The van der Waals surface area contributed by atoms with Crippen LogP contribution in [-0.4, -0.2) is 65.9 Å². The molecule has 25 heavy (non-hydrogen) atoms. The SMILES string of the molecule is CN(C)C(C(=O)N1CCN(Cc2ccccn2)CC1)c1ccccc1. The average molecular weight is 338 g/mol. The molecule has 132 valence electrons. The van der Waals surface area contributed by atoms with Crippen LogP contribution in [0.25, 0.3) is 0 Å². The standard InChI is InChI=1S/C20H26N4O/c1-22(2)19(17-8-4-3-5-9-17)20(25)24-14-12-23(13-15-24)16-18-10-6-7-11-21-18/h3-11,19H,12-16H2,1-2H3. The van der Waals surface area contributed by atoms with Gasteiger partial charge in [-0.25, -0.2) is 0 Å². The Labute approximate surface area is 149 Å². The number of piperazine rings is 1. The molecule has 1 aliphatic heterocycles. The van der Waals surface area contributed by atoms with Gasteiger partial charge in [0.25, 0.3) is 0 Å². The summed E-state index contributed by atoms with van der Waals surface area (Å²) in [6, 6.07) is 15.8. The number of hydrogen-bond donors (Lipinski definition) is 0. The van der Waals surface area contributed by atoms with Crippen LogP contribution in [0.15, 0.2) is 54.7 Å². The molecule has 0 aliphatic carbocycles. The normalized spacial score (nSPS) is 16.8.